The van der Waals surface area contributed by atoms with Gasteiger partial charge in [-0.3, -0.25) is 0 Å². The maximum Gasteiger partial charge on any atom is 0.199 e. The molecule has 0 aliphatic heterocycles. The number of H-pyrrole nitrogens is 1. The van der Waals surface area contributed by atoms with Crippen LogP contribution in [0.15, 0.2) is 30.3 Å². The minimum atomic E-state index is -0.274. The highest BCUT2D eigenvalue weighted by molar-refractivity contribution is 5.63. The summed E-state index contributed by atoms with van der Waals surface area (Å²) >= 11 is 0. The van der Waals surface area contributed by atoms with Crippen LogP contribution in [0, 0.1) is 12.1 Å². The van der Waals surface area contributed by atoms with E-state index in [-0.39, 0.29) is 5.82 Å². The van der Waals surface area contributed by atoms with Crippen LogP contribution in [0.2, 0.25) is 0 Å². The van der Waals surface area contributed by atoms with Gasteiger partial charge in [0.25, 0.3) is 0 Å². The summed E-state index contributed by atoms with van der Waals surface area (Å²) in [5, 5.41) is 7.98. The zero-order valence-electron chi connectivity index (χ0n) is 7.61. The topological polar surface area (TPSA) is 46.0 Å². The Hall–Kier alpha value is -2.17. The fraction of sp³-hybridized carbons (Fsp3) is 0. The average Bonchev–Trinajstić information content (AvgIpc) is 2.76. The van der Waals surface area contributed by atoms with Crippen molar-refractivity contribution in [2.75, 3.05) is 0 Å². The number of rotatable bonds is 1. The number of hydrogen-bond donors (Lipinski definition) is 1. The lowest BCUT2D eigenvalue weighted by molar-refractivity contribution is 0.628. The zero-order valence-corrected chi connectivity index (χ0v) is 7.61. The van der Waals surface area contributed by atoms with E-state index in [2.05, 4.69) is 21.5 Å². The molecule has 2 aromatic heterocycles. The van der Waals surface area contributed by atoms with Gasteiger partial charge in [-0.25, -0.2) is 4.39 Å². The molecule has 4 nitrogen and oxygen atoms in total. The van der Waals surface area contributed by atoms with E-state index in [9.17, 15) is 4.39 Å². The Morgan fingerprint density at radius 2 is 2.27 bits per heavy atom. The molecule has 0 amide bonds. The van der Waals surface area contributed by atoms with E-state index in [0.29, 0.717) is 5.69 Å². The Morgan fingerprint density at radius 3 is 3.07 bits per heavy atom. The Balaban J connectivity index is 2.17. The van der Waals surface area contributed by atoms with Gasteiger partial charge >= 0.3 is 0 Å². The second kappa shape index (κ2) is 2.91. The molecule has 0 saturated heterocycles. The molecule has 0 bridgehead atoms. The molecule has 15 heavy (non-hydrogen) atoms. The largest absolute Gasteiger partial charge is 0.319 e. The predicted molar refractivity (Wildman–Crippen MR) is 51.6 cm³/mol. The first-order valence-corrected chi connectivity index (χ1v) is 4.41. The molecule has 1 N–H and O–H groups in total. The Labute approximate surface area is 84.4 Å². The third-order valence-electron chi connectivity index (χ3n) is 2.14. The van der Waals surface area contributed by atoms with E-state index in [1.807, 2.05) is 0 Å². The lowest BCUT2D eigenvalue weighted by Crippen LogP contribution is -1.86. The second-order valence-corrected chi connectivity index (χ2v) is 3.15. The van der Waals surface area contributed by atoms with Gasteiger partial charge in [0.15, 0.2) is 12.0 Å². The van der Waals surface area contributed by atoms with Crippen molar-refractivity contribution in [1.82, 2.24) is 19.8 Å². The summed E-state index contributed by atoms with van der Waals surface area (Å²) in [7, 11) is 0. The lowest BCUT2D eigenvalue weighted by Gasteiger charge is -1.94. The van der Waals surface area contributed by atoms with E-state index in [4.69, 9.17) is 0 Å². The third kappa shape index (κ3) is 1.28. The van der Waals surface area contributed by atoms with Crippen molar-refractivity contribution in [1.29, 1.82) is 0 Å². The van der Waals surface area contributed by atoms with E-state index in [0.717, 1.165) is 11.2 Å². The van der Waals surface area contributed by atoms with Gasteiger partial charge in [-0.15, -0.1) is 14.8 Å². The third-order valence-corrected chi connectivity index (χ3v) is 2.14. The molecule has 3 rings (SSSR count). The zero-order chi connectivity index (χ0) is 10.3. The Bertz CT molecular complexity index is 582. The summed E-state index contributed by atoms with van der Waals surface area (Å²) in [5.41, 5.74) is 2.14. The summed E-state index contributed by atoms with van der Waals surface area (Å²) in [6, 6.07) is 8.08. The van der Waals surface area contributed by atoms with Crippen LogP contribution >= 0.6 is 0 Å². The van der Waals surface area contributed by atoms with E-state index < -0.39 is 0 Å². The molecule has 0 fully saturated rings. The quantitative estimate of drug-likeness (QED) is 0.650. The molecule has 3 aromatic rings. The number of aromatic nitrogens is 4. The monoisotopic (exact) mass is 201 g/mol. The first kappa shape index (κ1) is 8.16. The number of hydrogen-bond acceptors (Lipinski definition) is 2. The minimum Gasteiger partial charge on any atom is -0.319 e. The molecule has 73 valence electrons. The smallest absolute Gasteiger partial charge is 0.199 e. The fourth-order valence-electron chi connectivity index (χ4n) is 1.45. The van der Waals surface area contributed by atoms with Crippen molar-refractivity contribution >= 4 is 5.65 Å². The van der Waals surface area contributed by atoms with Gasteiger partial charge in [0, 0.05) is 11.6 Å². The van der Waals surface area contributed by atoms with Gasteiger partial charge in [0.05, 0.1) is 5.69 Å². The van der Waals surface area contributed by atoms with Crippen molar-refractivity contribution in [3.8, 4) is 11.3 Å². The number of fused-ring (bicyclic) bond motifs is 1. The second-order valence-electron chi connectivity index (χ2n) is 3.15. The van der Waals surface area contributed by atoms with Crippen molar-refractivity contribution in [3.05, 3.63) is 42.5 Å². The van der Waals surface area contributed by atoms with Gasteiger partial charge in [-0.2, -0.15) is 0 Å². The van der Waals surface area contributed by atoms with Gasteiger partial charge in [-0.05, 0) is 12.1 Å². The minimum absolute atomic E-state index is 0.274. The van der Waals surface area contributed by atoms with Crippen molar-refractivity contribution < 1.29 is 4.39 Å². The molecule has 2 heterocycles. The van der Waals surface area contributed by atoms with Crippen LogP contribution in [0.4, 0.5) is 4.39 Å². The Morgan fingerprint density at radius 1 is 1.33 bits per heavy atom. The predicted octanol–water partition coefficient (Wildman–Crippen LogP) is 1.66. The van der Waals surface area contributed by atoms with E-state index >= 15 is 0 Å². The van der Waals surface area contributed by atoms with Crippen LogP contribution in [0.25, 0.3) is 16.9 Å². The number of benzene rings is 1. The molecule has 0 unspecified atom stereocenters. The van der Waals surface area contributed by atoms with Gasteiger partial charge < -0.3 is 4.98 Å². The lowest BCUT2D eigenvalue weighted by atomic mass is 10.1. The molecule has 5 heteroatoms. The maximum atomic E-state index is 13.0. The van der Waals surface area contributed by atoms with Gasteiger partial charge in [0.1, 0.15) is 5.82 Å². The van der Waals surface area contributed by atoms with Crippen LogP contribution in [0.1, 0.15) is 0 Å². The molecular weight excluding hydrogens is 195 g/mol. The highest BCUT2D eigenvalue weighted by atomic mass is 19.1. The number of aromatic amines is 1. The molecule has 0 aliphatic rings. The highest BCUT2D eigenvalue weighted by Gasteiger charge is 2.06. The summed E-state index contributed by atoms with van der Waals surface area (Å²) < 4.78 is 14.4. The fourth-order valence-corrected chi connectivity index (χ4v) is 1.45. The first-order valence-electron chi connectivity index (χ1n) is 4.41. The highest BCUT2D eigenvalue weighted by Crippen LogP contribution is 2.18. The number of halogens is 1. The number of nitrogens with zero attached hydrogens (tertiary/aromatic N) is 3. The summed E-state index contributed by atoms with van der Waals surface area (Å²) in [6.45, 7) is 0. The van der Waals surface area contributed by atoms with E-state index in [1.165, 1.54) is 16.8 Å². The van der Waals surface area contributed by atoms with Crippen LogP contribution < -0.4 is 0 Å². The molecular formula is C10H6FN4. The molecule has 0 atom stereocenters. The summed E-state index contributed by atoms with van der Waals surface area (Å²) in [5.74, 6) is -0.274. The van der Waals surface area contributed by atoms with Gasteiger partial charge in [-0.1, -0.05) is 12.1 Å². The van der Waals surface area contributed by atoms with Crippen LogP contribution in [0.3, 0.4) is 0 Å². The maximum absolute atomic E-state index is 13.0. The number of nitrogens with one attached hydrogen (secondary N) is 1. The summed E-state index contributed by atoms with van der Waals surface area (Å²) in [6.07, 6.45) is 2.56. The van der Waals surface area contributed by atoms with Crippen LogP contribution in [-0.2, 0) is 0 Å². The molecule has 1 aromatic carbocycles. The first-order chi connectivity index (χ1) is 7.33. The van der Waals surface area contributed by atoms with Crippen molar-refractivity contribution in [2.45, 2.75) is 0 Å². The normalized spacial score (nSPS) is 11.0. The van der Waals surface area contributed by atoms with E-state index in [1.54, 1.807) is 18.2 Å². The average molecular weight is 201 g/mol. The Kier molecular flexibility index (Phi) is 1.58. The van der Waals surface area contributed by atoms with Crippen molar-refractivity contribution in [2.24, 2.45) is 0 Å². The van der Waals surface area contributed by atoms with Crippen LogP contribution in [0.5, 0.6) is 0 Å². The molecule has 1 radical (unpaired) electrons. The van der Waals surface area contributed by atoms with Gasteiger partial charge in [0.2, 0.25) is 0 Å². The molecule has 0 saturated carbocycles. The van der Waals surface area contributed by atoms with Crippen LogP contribution in [-0.4, -0.2) is 19.8 Å². The molecule has 0 aliphatic carbocycles. The molecule has 0 spiro atoms. The summed E-state index contributed by atoms with van der Waals surface area (Å²) in [4.78, 5) is 2.79. The standard InChI is InChI=1S/C10H6FN4/c11-8-3-1-2-7(4-8)9-5-10-12-6-13-15(10)14-9/h1-5H,(H,12,13). The van der Waals surface area contributed by atoms with Crippen molar-refractivity contribution in [3.63, 3.8) is 0 Å². The SMILES string of the molecule is Fc1cccc(-c2cc3[nH][c]nn3n2)c1.